The Balaban J connectivity index is 1.38. The fourth-order valence-electron chi connectivity index (χ4n) is 3.96. The van der Waals surface area contributed by atoms with Crippen molar-refractivity contribution in [2.45, 2.75) is 32.6 Å². The van der Waals surface area contributed by atoms with Crippen molar-refractivity contribution in [1.82, 2.24) is 9.88 Å². The largest absolute Gasteiger partial charge is 0.423 e. The summed E-state index contributed by atoms with van der Waals surface area (Å²) in [4.78, 5) is 21.6. The minimum Gasteiger partial charge on any atom is -0.423 e. The molecule has 0 N–H and O–H groups in total. The lowest BCUT2D eigenvalue weighted by Crippen LogP contribution is -2.46. The molecule has 0 radical (unpaired) electrons. The van der Waals surface area contributed by atoms with Crippen LogP contribution in [-0.2, 0) is 4.79 Å². The van der Waals surface area contributed by atoms with Gasteiger partial charge in [0.15, 0.2) is 5.58 Å². The number of para-hydroxylation sites is 2. The summed E-state index contributed by atoms with van der Waals surface area (Å²) in [5, 5.41) is 0. The molecule has 1 aromatic heterocycles. The average Bonchev–Trinajstić information content (AvgIpc) is 3.05. The lowest BCUT2D eigenvalue weighted by Gasteiger charge is -2.36. The van der Waals surface area contributed by atoms with Crippen LogP contribution in [0.1, 0.15) is 32.6 Å². The zero-order valence-corrected chi connectivity index (χ0v) is 14.3. The topological polar surface area (TPSA) is 49.6 Å². The zero-order chi connectivity index (χ0) is 16.5. The van der Waals surface area contributed by atoms with E-state index in [-0.39, 0.29) is 5.92 Å². The van der Waals surface area contributed by atoms with E-state index in [2.05, 4.69) is 21.7 Å². The van der Waals surface area contributed by atoms with E-state index in [9.17, 15) is 4.79 Å². The maximum absolute atomic E-state index is 12.8. The van der Waals surface area contributed by atoms with Crippen LogP contribution in [0.4, 0.5) is 6.01 Å². The number of piperidine rings is 2. The van der Waals surface area contributed by atoms with Crippen molar-refractivity contribution in [3.63, 3.8) is 0 Å². The second-order valence-electron chi connectivity index (χ2n) is 7.26. The molecule has 1 unspecified atom stereocenters. The van der Waals surface area contributed by atoms with Gasteiger partial charge >= 0.3 is 0 Å². The lowest BCUT2D eigenvalue weighted by molar-refractivity contribution is -0.137. The van der Waals surface area contributed by atoms with Gasteiger partial charge in [-0.25, -0.2) is 0 Å². The smallest absolute Gasteiger partial charge is 0.298 e. The average molecular weight is 327 g/mol. The third kappa shape index (κ3) is 2.99. The van der Waals surface area contributed by atoms with E-state index in [1.54, 1.807) is 0 Å². The number of nitrogens with zero attached hydrogens (tertiary/aromatic N) is 3. The van der Waals surface area contributed by atoms with Crippen LogP contribution in [0.2, 0.25) is 0 Å². The van der Waals surface area contributed by atoms with E-state index < -0.39 is 0 Å². The molecule has 0 aliphatic carbocycles. The number of amides is 1. The summed E-state index contributed by atoms with van der Waals surface area (Å²) >= 11 is 0. The van der Waals surface area contributed by atoms with Crippen molar-refractivity contribution in [2.75, 3.05) is 31.1 Å². The van der Waals surface area contributed by atoms with Gasteiger partial charge in [0.05, 0.1) is 0 Å². The summed E-state index contributed by atoms with van der Waals surface area (Å²) in [6, 6.07) is 8.53. The molecular formula is C19H25N3O2. The Labute approximate surface area is 142 Å². The van der Waals surface area contributed by atoms with E-state index in [0.717, 1.165) is 56.5 Å². The molecule has 24 heavy (non-hydrogen) atoms. The second-order valence-corrected chi connectivity index (χ2v) is 7.26. The Hall–Kier alpha value is -2.04. The number of anilines is 1. The van der Waals surface area contributed by atoms with Crippen LogP contribution in [0.5, 0.6) is 0 Å². The third-order valence-electron chi connectivity index (χ3n) is 5.37. The number of oxazole rings is 1. The van der Waals surface area contributed by atoms with Gasteiger partial charge in [0.1, 0.15) is 5.52 Å². The molecule has 1 amide bonds. The number of carbonyl (C=O) groups excluding carboxylic acids is 1. The second kappa shape index (κ2) is 6.46. The maximum Gasteiger partial charge on any atom is 0.298 e. The quantitative estimate of drug-likeness (QED) is 0.849. The van der Waals surface area contributed by atoms with Crippen molar-refractivity contribution in [2.24, 2.45) is 11.8 Å². The highest BCUT2D eigenvalue weighted by Gasteiger charge is 2.31. The molecule has 2 saturated heterocycles. The summed E-state index contributed by atoms with van der Waals surface area (Å²) < 4.78 is 5.85. The van der Waals surface area contributed by atoms with Gasteiger partial charge in [0, 0.05) is 32.1 Å². The third-order valence-corrected chi connectivity index (χ3v) is 5.37. The Bertz CT molecular complexity index is 685. The van der Waals surface area contributed by atoms with Gasteiger partial charge in [-0.15, -0.1) is 0 Å². The first kappa shape index (κ1) is 15.5. The Morgan fingerprint density at radius 3 is 2.71 bits per heavy atom. The molecular weight excluding hydrogens is 302 g/mol. The molecule has 2 aliphatic rings. The Morgan fingerprint density at radius 2 is 1.96 bits per heavy atom. The van der Waals surface area contributed by atoms with Gasteiger partial charge in [-0.1, -0.05) is 19.1 Å². The molecule has 2 aliphatic heterocycles. The molecule has 4 rings (SSSR count). The molecule has 0 saturated carbocycles. The molecule has 3 heterocycles. The molecule has 1 atom stereocenters. The zero-order valence-electron chi connectivity index (χ0n) is 14.3. The maximum atomic E-state index is 12.8. The minimum absolute atomic E-state index is 0.163. The number of fused-ring (bicyclic) bond motifs is 1. The Morgan fingerprint density at radius 1 is 1.17 bits per heavy atom. The molecule has 0 spiro atoms. The summed E-state index contributed by atoms with van der Waals surface area (Å²) in [6.07, 6.45) is 4.18. The predicted molar refractivity (Wildman–Crippen MR) is 93.9 cm³/mol. The van der Waals surface area contributed by atoms with Crippen LogP contribution in [0, 0.1) is 11.8 Å². The van der Waals surface area contributed by atoms with Crippen molar-refractivity contribution in [3.8, 4) is 0 Å². The molecule has 2 aromatic rings. The molecule has 0 bridgehead atoms. The fourth-order valence-corrected chi connectivity index (χ4v) is 3.96. The van der Waals surface area contributed by atoms with Crippen molar-refractivity contribution < 1.29 is 9.21 Å². The first-order valence-electron chi connectivity index (χ1n) is 9.10. The van der Waals surface area contributed by atoms with E-state index in [4.69, 9.17) is 4.42 Å². The van der Waals surface area contributed by atoms with Crippen LogP contribution in [0.3, 0.4) is 0 Å². The van der Waals surface area contributed by atoms with Gasteiger partial charge in [0.25, 0.3) is 6.01 Å². The Kier molecular flexibility index (Phi) is 4.17. The summed E-state index contributed by atoms with van der Waals surface area (Å²) in [7, 11) is 0. The first-order valence-corrected chi connectivity index (χ1v) is 9.10. The molecule has 5 nitrogen and oxygen atoms in total. The van der Waals surface area contributed by atoms with Gasteiger partial charge in [0.2, 0.25) is 5.91 Å². The SMILES string of the molecule is CC1CCCN(C(=O)C2CCN(c3nc4ccccc4o3)CC2)C1. The molecule has 2 fully saturated rings. The normalized spacial score (nSPS) is 23.0. The monoisotopic (exact) mass is 327 g/mol. The summed E-state index contributed by atoms with van der Waals surface area (Å²) in [5.41, 5.74) is 1.72. The van der Waals surface area contributed by atoms with E-state index >= 15 is 0 Å². The predicted octanol–water partition coefficient (Wildman–Crippen LogP) is 3.30. The number of likely N-dealkylation sites (tertiary alicyclic amines) is 1. The first-order chi connectivity index (χ1) is 11.7. The number of hydrogen-bond acceptors (Lipinski definition) is 4. The van der Waals surface area contributed by atoms with Crippen LogP contribution in [0.15, 0.2) is 28.7 Å². The number of rotatable bonds is 2. The number of benzene rings is 1. The van der Waals surface area contributed by atoms with Crippen LogP contribution in [0.25, 0.3) is 11.1 Å². The van der Waals surface area contributed by atoms with Crippen molar-refractivity contribution >= 4 is 23.0 Å². The minimum atomic E-state index is 0.163. The summed E-state index contributed by atoms with van der Waals surface area (Å²) in [5.74, 6) is 1.16. The van der Waals surface area contributed by atoms with Gasteiger partial charge in [-0.05, 0) is 43.7 Å². The van der Waals surface area contributed by atoms with Crippen molar-refractivity contribution in [3.05, 3.63) is 24.3 Å². The standard InChI is InChI=1S/C19H25N3O2/c1-14-5-4-10-22(13-14)18(23)15-8-11-21(12-9-15)19-20-16-6-2-3-7-17(16)24-19/h2-3,6-7,14-15H,4-5,8-13H2,1H3. The summed E-state index contributed by atoms with van der Waals surface area (Å²) in [6.45, 7) is 5.80. The molecule has 5 heteroatoms. The van der Waals surface area contributed by atoms with Crippen LogP contribution < -0.4 is 4.90 Å². The highest BCUT2D eigenvalue weighted by molar-refractivity contribution is 5.79. The number of carbonyl (C=O) groups is 1. The van der Waals surface area contributed by atoms with E-state index in [1.165, 1.54) is 6.42 Å². The van der Waals surface area contributed by atoms with E-state index in [1.807, 2.05) is 24.3 Å². The number of aromatic nitrogens is 1. The molecule has 128 valence electrons. The van der Waals surface area contributed by atoms with E-state index in [0.29, 0.717) is 17.8 Å². The highest BCUT2D eigenvalue weighted by Crippen LogP contribution is 2.28. The lowest BCUT2D eigenvalue weighted by atomic mass is 9.93. The van der Waals surface area contributed by atoms with Gasteiger partial charge < -0.3 is 14.2 Å². The van der Waals surface area contributed by atoms with Gasteiger partial charge in [-0.2, -0.15) is 4.98 Å². The van der Waals surface area contributed by atoms with Crippen LogP contribution in [-0.4, -0.2) is 42.0 Å². The molecule has 1 aromatic carbocycles. The van der Waals surface area contributed by atoms with Crippen molar-refractivity contribution in [1.29, 1.82) is 0 Å². The van der Waals surface area contributed by atoms with Gasteiger partial charge in [-0.3, -0.25) is 4.79 Å². The number of hydrogen-bond donors (Lipinski definition) is 0. The highest BCUT2D eigenvalue weighted by atomic mass is 16.4. The van der Waals surface area contributed by atoms with Crippen LogP contribution >= 0.6 is 0 Å². The fraction of sp³-hybridized carbons (Fsp3) is 0.579.